The highest BCUT2D eigenvalue weighted by molar-refractivity contribution is 7.45. The second-order valence-electron chi connectivity index (χ2n) is 19.6. The molecule has 0 aliphatic rings. The van der Waals surface area contributed by atoms with E-state index in [0.29, 0.717) is 17.4 Å². The first-order chi connectivity index (χ1) is 31.0. The van der Waals surface area contributed by atoms with Gasteiger partial charge in [-0.2, -0.15) is 0 Å². The molecule has 0 saturated carbocycles. The van der Waals surface area contributed by atoms with Crippen LogP contribution in [-0.2, 0) is 18.4 Å². The van der Waals surface area contributed by atoms with E-state index in [1.165, 1.54) is 180 Å². The van der Waals surface area contributed by atoms with Gasteiger partial charge in [-0.3, -0.25) is 9.36 Å². The van der Waals surface area contributed by atoms with Gasteiger partial charge in [0.05, 0.1) is 39.9 Å². The van der Waals surface area contributed by atoms with E-state index in [2.05, 4.69) is 55.6 Å². The molecule has 0 radical (unpaired) electrons. The van der Waals surface area contributed by atoms with Gasteiger partial charge in [0, 0.05) is 6.42 Å². The number of amides is 1. The van der Waals surface area contributed by atoms with Crippen LogP contribution in [0.15, 0.2) is 48.6 Å². The van der Waals surface area contributed by atoms with Crippen LogP contribution in [0.3, 0.4) is 0 Å². The number of allylic oxidation sites excluding steroid dienone is 7. The van der Waals surface area contributed by atoms with Gasteiger partial charge in [0.1, 0.15) is 13.2 Å². The maximum atomic E-state index is 12.9. The summed E-state index contributed by atoms with van der Waals surface area (Å²) < 4.78 is 23.3. The summed E-state index contributed by atoms with van der Waals surface area (Å²) in [5.74, 6) is -0.209. The van der Waals surface area contributed by atoms with Gasteiger partial charge in [-0.25, -0.2) is 0 Å². The summed E-state index contributed by atoms with van der Waals surface area (Å²) in [4.78, 5) is 25.4. The monoisotopic (exact) mass is 921 g/mol. The number of aliphatic hydroxyl groups is 1. The number of phosphoric ester groups is 1. The van der Waals surface area contributed by atoms with Crippen molar-refractivity contribution in [3.8, 4) is 0 Å². The zero-order valence-corrected chi connectivity index (χ0v) is 43.6. The molecule has 376 valence electrons. The number of nitrogens with zero attached hydrogens (tertiary/aromatic N) is 1. The van der Waals surface area contributed by atoms with Crippen molar-refractivity contribution in [1.82, 2.24) is 5.32 Å². The smallest absolute Gasteiger partial charge is 0.268 e. The van der Waals surface area contributed by atoms with Crippen molar-refractivity contribution in [3.63, 3.8) is 0 Å². The predicted molar refractivity (Wildman–Crippen MR) is 274 cm³/mol. The van der Waals surface area contributed by atoms with E-state index in [-0.39, 0.29) is 12.5 Å². The van der Waals surface area contributed by atoms with Crippen LogP contribution in [-0.4, -0.2) is 68.5 Å². The quantitative estimate of drug-likeness (QED) is 0.0272. The number of aliphatic hydroxyl groups excluding tert-OH is 1. The van der Waals surface area contributed by atoms with Crippen LogP contribution in [0.5, 0.6) is 0 Å². The minimum atomic E-state index is -4.60. The average molecular weight is 921 g/mol. The summed E-state index contributed by atoms with van der Waals surface area (Å²) >= 11 is 0. The van der Waals surface area contributed by atoms with Gasteiger partial charge >= 0.3 is 0 Å². The summed E-state index contributed by atoms with van der Waals surface area (Å²) in [7, 11) is 1.24. The van der Waals surface area contributed by atoms with E-state index in [9.17, 15) is 19.4 Å². The number of phosphoric acid groups is 1. The molecule has 0 aromatic heterocycles. The normalized spacial score (nSPS) is 14.4. The molecule has 9 heteroatoms. The first-order valence-electron chi connectivity index (χ1n) is 27.0. The maximum Gasteiger partial charge on any atom is 0.268 e. The van der Waals surface area contributed by atoms with Gasteiger partial charge < -0.3 is 28.8 Å². The van der Waals surface area contributed by atoms with Crippen LogP contribution in [0.4, 0.5) is 0 Å². The number of rotatable bonds is 49. The van der Waals surface area contributed by atoms with Crippen molar-refractivity contribution < 1.29 is 32.9 Å². The number of quaternary nitrogens is 1. The summed E-state index contributed by atoms with van der Waals surface area (Å²) in [6.45, 7) is 4.63. The lowest BCUT2D eigenvalue weighted by Crippen LogP contribution is -2.45. The number of unbranched alkanes of at least 4 members (excludes halogenated alkanes) is 30. The summed E-state index contributed by atoms with van der Waals surface area (Å²) in [5.41, 5.74) is 0. The highest BCUT2D eigenvalue weighted by Crippen LogP contribution is 2.38. The van der Waals surface area contributed by atoms with E-state index >= 15 is 0 Å². The minimum Gasteiger partial charge on any atom is -0.756 e. The molecular formula is C55H105N2O6P. The molecule has 0 aromatic rings. The van der Waals surface area contributed by atoms with E-state index in [1.807, 2.05) is 27.2 Å². The van der Waals surface area contributed by atoms with Gasteiger partial charge in [0.25, 0.3) is 7.82 Å². The molecule has 2 N–H and O–H groups in total. The maximum absolute atomic E-state index is 12.9. The Morgan fingerprint density at radius 1 is 0.547 bits per heavy atom. The van der Waals surface area contributed by atoms with Crippen LogP contribution < -0.4 is 10.2 Å². The Labute approximate surface area is 397 Å². The highest BCUT2D eigenvalue weighted by Gasteiger charge is 2.23. The Morgan fingerprint density at radius 3 is 1.36 bits per heavy atom. The van der Waals surface area contributed by atoms with Crippen molar-refractivity contribution in [2.45, 2.75) is 257 Å². The molecule has 0 aliphatic carbocycles. The number of carbonyl (C=O) groups is 1. The lowest BCUT2D eigenvalue weighted by atomic mass is 10.0. The van der Waals surface area contributed by atoms with E-state index in [1.54, 1.807) is 6.08 Å². The molecule has 0 fully saturated rings. The van der Waals surface area contributed by atoms with Crippen LogP contribution in [0.25, 0.3) is 0 Å². The van der Waals surface area contributed by atoms with Gasteiger partial charge in [0.2, 0.25) is 5.91 Å². The number of hydrogen-bond donors (Lipinski definition) is 2. The molecule has 0 rings (SSSR count). The summed E-state index contributed by atoms with van der Waals surface area (Å²) in [6.07, 6.45) is 60.4. The Hall–Kier alpha value is -1.54. The lowest BCUT2D eigenvalue weighted by Gasteiger charge is -2.29. The summed E-state index contributed by atoms with van der Waals surface area (Å²) in [5, 5.41) is 13.8. The first kappa shape index (κ1) is 62.5. The fourth-order valence-corrected chi connectivity index (χ4v) is 8.45. The fourth-order valence-electron chi connectivity index (χ4n) is 7.73. The molecule has 8 nitrogen and oxygen atoms in total. The Morgan fingerprint density at radius 2 is 0.922 bits per heavy atom. The molecule has 0 aromatic carbocycles. The molecule has 0 saturated heterocycles. The largest absolute Gasteiger partial charge is 0.756 e. The second-order valence-corrected chi connectivity index (χ2v) is 21.0. The predicted octanol–water partition coefficient (Wildman–Crippen LogP) is 15.3. The average Bonchev–Trinajstić information content (AvgIpc) is 3.25. The van der Waals surface area contributed by atoms with E-state index in [4.69, 9.17) is 9.05 Å². The molecule has 3 unspecified atom stereocenters. The molecule has 64 heavy (non-hydrogen) atoms. The SMILES string of the molecule is CCCCCCCCCCC/C=C\C/C=C\CCCCCCCCCCCCCC(=O)NC(COP(=O)([O-])OCC[N+](C)(C)C)C(O)/C=C/CC/C=C/CCCCCCCCCCC. The molecule has 3 atom stereocenters. The molecular weight excluding hydrogens is 816 g/mol. The van der Waals surface area contributed by atoms with Crippen LogP contribution in [0.1, 0.15) is 245 Å². The third-order valence-corrected chi connectivity index (χ3v) is 13.0. The van der Waals surface area contributed by atoms with Crippen molar-refractivity contribution >= 4 is 13.7 Å². The van der Waals surface area contributed by atoms with Crippen LogP contribution in [0.2, 0.25) is 0 Å². The molecule has 1 amide bonds. The third-order valence-electron chi connectivity index (χ3n) is 12.0. The summed E-state index contributed by atoms with van der Waals surface area (Å²) in [6, 6.07) is -0.905. The number of nitrogens with one attached hydrogen (secondary N) is 1. The third kappa shape index (κ3) is 48.4. The van der Waals surface area contributed by atoms with Crippen LogP contribution >= 0.6 is 7.82 Å². The first-order valence-corrected chi connectivity index (χ1v) is 28.5. The van der Waals surface area contributed by atoms with Gasteiger partial charge in [-0.1, -0.05) is 223 Å². The van der Waals surface area contributed by atoms with E-state index < -0.39 is 26.6 Å². The second kappa shape index (κ2) is 46.6. The lowest BCUT2D eigenvalue weighted by molar-refractivity contribution is -0.870. The zero-order valence-electron chi connectivity index (χ0n) is 42.7. The standard InChI is InChI=1S/C55H105N2O6P/c1-6-8-10-12-14-16-18-20-22-23-24-25-26-27-28-29-30-31-32-33-35-37-39-41-43-45-47-49-55(59)56-53(52-63-64(60,61)62-51-50-57(3,4)5)54(58)48-46-44-42-40-38-36-34-21-19-17-15-13-11-9-7-2/h24-25,27-28,38,40,46,48,53-54,58H,6-23,26,29-37,39,41-45,47,49-52H2,1-5H3,(H-,56,59,60,61)/b25-24-,28-27-,40-38+,48-46+. The number of likely N-dealkylation sites (N-methyl/N-ethyl adjacent to an activating group) is 1. The molecule has 0 spiro atoms. The minimum absolute atomic E-state index is 0.00745. The zero-order chi connectivity index (χ0) is 47.1. The highest BCUT2D eigenvalue weighted by atomic mass is 31.2. The molecule has 0 bridgehead atoms. The van der Waals surface area contributed by atoms with Gasteiger partial charge in [0.15, 0.2) is 0 Å². The van der Waals surface area contributed by atoms with Gasteiger partial charge in [-0.15, -0.1) is 0 Å². The number of carbonyl (C=O) groups excluding carboxylic acids is 1. The number of hydrogen-bond acceptors (Lipinski definition) is 6. The Balaban J connectivity index is 4.22. The van der Waals surface area contributed by atoms with Crippen molar-refractivity contribution in [2.24, 2.45) is 0 Å². The molecule has 0 aliphatic heterocycles. The fraction of sp³-hybridized carbons (Fsp3) is 0.836. The van der Waals surface area contributed by atoms with Crippen molar-refractivity contribution in [3.05, 3.63) is 48.6 Å². The van der Waals surface area contributed by atoms with Crippen LogP contribution in [0, 0.1) is 0 Å². The van der Waals surface area contributed by atoms with Crippen molar-refractivity contribution in [2.75, 3.05) is 40.9 Å². The van der Waals surface area contributed by atoms with E-state index in [0.717, 1.165) is 44.9 Å². The Kier molecular flexibility index (Phi) is 45.4. The van der Waals surface area contributed by atoms with Gasteiger partial charge in [-0.05, 0) is 64.2 Å². The molecule has 0 heterocycles. The Bertz CT molecular complexity index is 1180. The van der Waals surface area contributed by atoms with Crippen molar-refractivity contribution in [1.29, 1.82) is 0 Å². The topological polar surface area (TPSA) is 108 Å².